The van der Waals surface area contributed by atoms with Crippen LogP contribution < -0.4 is 10.1 Å². The number of nitrogens with one attached hydrogen (secondary N) is 1. The van der Waals surface area contributed by atoms with Crippen LogP contribution in [0.25, 0.3) is 0 Å². The average Bonchev–Trinajstić information content (AvgIpc) is 2.92. The summed E-state index contributed by atoms with van der Waals surface area (Å²) >= 11 is 6.03. The summed E-state index contributed by atoms with van der Waals surface area (Å²) in [6.07, 6.45) is 1.75. The Morgan fingerprint density at radius 3 is 2.79 bits per heavy atom. The average molecular weight is 370 g/mol. The van der Waals surface area contributed by atoms with E-state index in [1.54, 1.807) is 23.9 Å². The lowest BCUT2D eigenvalue weighted by molar-refractivity contribution is 0.0622. The number of para-hydroxylation sites is 1. The zero-order chi connectivity index (χ0) is 16.4. The molecule has 0 radical (unpaired) electrons. The highest BCUT2D eigenvalue weighted by Gasteiger charge is 2.31. The maximum atomic E-state index is 13.0. The third kappa shape index (κ3) is 3.53. The zero-order valence-corrected chi connectivity index (χ0v) is 15.2. The van der Waals surface area contributed by atoms with E-state index >= 15 is 0 Å². The number of hydrogen-bond donors (Lipinski definition) is 1. The van der Waals surface area contributed by atoms with Crippen LogP contribution in [0.5, 0.6) is 5.75 Å². The van der Waals surface area contributed by atoms with E-state index in [1.165, 1.54) is 0 Å². The summed E-state index contributed by atoms with van der Waals surface area (Å²) in [5.74, 6) is 0.778. The molecule has 2 heterocycles. The molecule has 1 aliphatic heterocycles. The second-order valence-corrected chi connectivity index (χ2v) is 6.05. The lowest BCUT2D eigenvalue weighted by atomic mass is 10.0. The van der Waals surface area contributed by atoms with Crippen molar-refractivity contribution in [3.63, 3.8) is 0 Å². The molecule has 1 aliphatic rings. The first-order chi connectivity index (χ1) is 11.1. The Balaban J connectivity index is 0.00000208. The number of aromatic nitrogens is 1. The molecular weight excluding hydrogens is 349 g/mol. The van der Waals surface area contributed by atoms with Gasteiger partial charge in [0.2, 0.25) is 0 Å². The molecule has 5 nitrogen and oxygen atoms in total. The molecule has 1 unspecified atom stereocenters. The van der Waals surface area contributed by atoms with E-state index in [0.717, 1.165) is 17.9 Å². The van der Waals surface area contributed by atoms with Gasteiger partial charge in [-0.05, 0) is 12.1 Å². The Bertz CT molecular complexity index is 718. The smallest absolute Gasteiger partial charge is 0.271 e. The number of hydrogen-bond acceptors (Lipinski definition) is 3. The van der Waals surface area contributed by atoms with Crippen molar-refractivity contribution in [1.29, 1.82) is 0 Å². The van der Waals surface area contributed by atoms with Crippen molar-refractivity contribution in [3.05, 3.63) is 52.8 Å². The molecule has 2 aromatic rings. The summed E-state index contributed by atoms with van der Waals surface area (Å²) in [7, 11) is 3.48. The van der Waals surface area contributed by atoms with Gasteiger partial charge in [0.05, 0.1) is 18.2 Å². The molecule has 1 saturated heterocycles. The Morgan fingerprint density at radius 1 is 1.38 bits per heavy atom. The van der Waals surface area contributed by atoms with Crippen molar-refractivity contribution in [2.24, 2.45) is 7.05 Å². The molecule has 130 valence electrons. The number of amides is 1. The maximum Gasteiger partial charge on any atom is 0.271 e. The van der Waals surface area contributed by atoms with Gasteiger partial charge in [-0.3, -0.25) is 4.79 Å². The minimum Gasteiger partial charge on any atom is -0.496 e. The summed E-state index contributed by atoms with van der Waals surface area (Å²) < 4.78 is 7.24. The molecule has 1 fully saturated rings. The normalized spacial score (nSPS) is 17.3. The van der Waals surface area contributed by atoms with Crippen LogP contribution in [0.3, 0.4) is 0 Å². The van der Waals surface area contributed by atoms with E-state index < -0.39 is 0 Å². The first kappa shape index (κ1) is 18.6. The van der Waals surface area contributed by atoms with E-state index in [2.05, 4.69) is 5.32 Å². The number of aryl methyl sites for hydroxylation is 1. The van der Waals surface area contributed by atoms with Gasteiger partial charge in [-0.25, -0.2) is 0 Å². The van der Waals surface area contributed by atoms with Crippen LogP contribution in [0.15, 0.2) is 36.5 Å². The van der Waals surface area contributed by atoms with Crippen molar-refractivity contribution >= 4 is 29.9 Å². The maximum absolute atomic E-state index is 13.0. The fraction of sp³-hybridized carbons (Fsp3) is 0.353. The highest BCUT2D eigenvalue weighted by molar-refractivity contribution is 6.31. The first-order valence-corrected chi connectivity index (χ1v) is 7.96. The molecular formula is C17H21Cl2N3O2. The molecule has 3 rings (SSSR count). The Kier molecular flexibility index (Phi) is 6.15. The fourth-order valence-corrected chi connectivity index (χ4v) is 3.30. The largest absolute Gasteiger partial charge is 0.496 e. The highest BCUT2D eigenvalue weighted by Crippen LogP contribution is 2.31. The van der Waals surface area contributed by atoms with Gasteiger partial charge in [0, 0.05) is 38.4 Å². The topological polar surface area (TPSA) is 46.5 Å². The summed E-state index contributed by atoms with van der Waals surface area (Å²) in [5, 5.41) is 3.93. The van der Waals surface area contributed by atoms with Crippen LogP contribution in [0.1, 0.15) is 22.1 Å². The van der Waals surface area contributed by atoms with E-state index in [1.807, 2.05) is 36.2 Å². The van der Waals surface area contributed by atoms with Crippen LogP contribution in [-0.4, -0.2) is 42.1 Å². The van der Waals surface area contributed by atoms with Crippen LogP contribution in [-0.2, 0) is 7.05 Å². The van der Waals surface area contributed by atoms with Crippen molar-refractivity contribution in [2.45, 2.75) is 6.04 Å². The lowest BCUT2D eigenvalue weighted by Crippen LogP contribution is -2.49. The minimum atomic E-state index is -0.0684. The van der Waals surface area contributed by atoms with Crippen LogP contribution in [0.2, 0.25) is 5.02 Å². The Hall–Kier alpha value is -1.69. The molecule has 24 heavy (non-hydrogen) atoms. The molecule has 1 amide bonds. The second kappa shape index (κ2) is 7.92. The van der Waals surface area contributed by atoms with E-state index in [-0.39, 0.29) is 24.4 Å². The molecule has 0 spiro atoms. The summed E-state index contributed by atoms with van der Waals surface area (Å²) in [4.78, 5) is 14.9. The number of nitrogens with zero attached hydrogens (tertiary/aromatic N) is 2. The van der Waals surface area contributed by atoms with Gasteiger partial charge in [-0.1, -0.05) is 29.8 Å². The number of carbonyl (C=O) groups is 1. The van der Waals surface area contributed by atoms with Gasteiger partial charge >= 0.3 is 0 Å². The minimum absolute atomic E-state index is 0. The SMILES string of the molecule is COc1ccccc1C1CNCCN1C(=O)c1cc(Cl)cn1C.Cl. The van der Waals surface area contributed by atoms with Crippen molar-refractivity contribution in [1.82, 2.24) is 14.8 Å². The molecule has 0 saturated carbocycles. The Morgan fingerprint density at radius 2 is 2.12 bits per heavy atom. The number of carbonyl (C=O) groups excluding carboxylic acids is 1. The predicted molar refractivity (Wildman–Crippen MR) is 97.3 cm³/mol. The Labute approximate surface area is 152 Å². The monoisotopic (exact) mass is 369 g/mol. The molecule has 1 N–H and O–H groups in total. The van der Waals surface area contributed by atoms with Crippen LogP contribution in [0.4, 0.5) is 0 Å². The summed E-state index contributed by atoms with van der Waals surface area (Å²) in [6, 6.07) is 9.48. The third-order valence-electron chi connectivity index (χ3n) is 4.19. The lowest BCUT2D eigenvalue weighted by Gasteiger charge is -2.37. The number of rotatable bonds is 3. The summed E-state index contributed by atoms with van der Waals surface area (Å²) in [6.45, 7) is 2.12. The molecule has 7 heteroatoms. The van der Waals surface area contributed by atoms with Gasteiger partial charge in [0.1, 0.15) is 11.4 Å². The number of halogens is 2. The number of ether oxygens (including phenoxy) is 1. The van der Waals surface area contributed by atoms with Gasteiger partial charge < -0.3 is 19.5 Å². The van der Waals surface area contributed by atoms with Crippen molar-refractivity contribution in [3.8, 4) is 5.75 Å². The van der Waals surface area contributed by atoms with E-state index in [0.29, 0.717) is 23.8 Å². The van der Waals surface area contributed by atoms with Gasteiger partial charge in [-0.15, -0.1) is 12.4 Å². The van der Waals surface area contributed by atoms with E-state index in [9.17, 15) is 4.79 Å². The van der Waals surface area contributed by atoms with Crippen LogP contribution in [0, 0.1) is 0 Å². The predicted octanol–water partition coefficient (Wildman–Crippen LogP) is 2.90. The molecule has 1 atom stereocenters. The molecule has 0 aliphatic carbocycles. The number of piperazine rings is 1. The number of benzene rings is 1. The standard InChI is InChI=1S/C17H20ClN3O2.ClH/c1-20-11-12(18)9-14(20)17(22)21-8-7-19-10-15(21)13-5-3-4-6-16(13)23-2;/h3-6,9,11,15,19H,7-8,10H2,1-2H3;1H. The third-order valence-corrected chi connectivity index (χ3v) is 4.40. The van der Waals surface area contributed by atoms with Crippen molar-refractivity contribution < 1.29 is 9.53 Å². The second-order valence-electron chi connectivity index (χ2n) is 5.61. The summed E-state index contributed by atoms with van der Waals surface area (Å²) in [5.41, 5.74) is 1.60. The van der Waals surface area contributed by atoms with E-state index in [4.69, 9.17) is 16.3 Å². The van der Waals surface area contributed by atoms with Gasteiger partial charge in [-0.2, -0.15) is 0 Å². The van der Waals surface area contributed by atoms with Crippen molar-refractivity contribution in [2.75, 3.05) is 26.7 Å². The molecule has 1 aromatic heterocycles. The molecule has 1 aromatic carbocycles. The molecule has 0 bridgehead atoms. The van der Waals surface area contributed by atoms with Gasteiger partial charge in [0.15, 0.2) is 0 Å². The fourth-order valence-electron chi connectivity index (χ4n) is 3.05. The quantitative estimate of drug-likeness (QED) is 0.904. The highest BCUT2D eigenvalue weighted by atomic mass is 35.5. The van der Waals surface area contributed by atoms with Gasteiger partial charge in [0.25, 0.3) is 5.91 Å². The van der Waals surface area contributed by atoms with Crippen LogP contribution >= 0.6 is 24.0 Å². The zero-order valence-electron chi connectivity index (χ0n) is 13.7. The first-order valence-electron chi connectivity index (χ1n) is 7.58. The number of methoxy groups -OCH3 is 1.